The highest BCUT2D eigenvalue weighted by molar-refractivity contribution is 7.23. The van der Waals surface area contributed by atoms with Crippen LogP contribution in [0.3, 0.4) is 0 Å². The summed E-state index contributed by atoms with van der Waals surface area (Å²) in [7, 11) is 0. The van der Waals surface area contributed by atoms with Crippen molar-refractivity contribution in [2.24, 2.45) is 0 Å². The Morgan fingerprint density at radius 2 is 2.02 bits per heavy atom. The SMILES string of the molecule is CC(C)N1CCC[C@@]1(CO)COc1nc(N2CC3CCC(C2)N3)c2cc(Cl)c(-c3ccc(F)c4sc(N)c(C#N)c34)c(F)c2n1. The summed E-state index contributed by atoms with van der Waals surface area (Å²) in [6, 6.07) is 7.10. The van der Waals surface area contributed by atoms with Crippen LogP contribution in [-0.4, -0.2) is 76.5 Å². The molecule has 7 rings (SSSR count). The Kier molecular flexibility index (Phi) is 7.73. The summed E-state index contributed by atoms with van der Waals surface area (Å²) in [5.74, 6) is -0.766. The van der Waals surface area contributed by atoms with Crippen LogP contribution in [0.25, 0.3) is 32.1 Å². The van der Waals surface area contributed by atoms with Crippen LogP contribution >= 0.6 is 22.9 Å². The van der Waals surface area contributed by atoms with E-state index in [1.54, 1.807) is 6.07 Å². The summed E-state index contributed by atoms with van der Waals surface area (Å²) in [6.45, 7) is 6.43. The molecule has 0 radical (unpaired) electrons. The number of halogens is 3. The molecule has 9 nitrogen and oxygen atoms in total. The van der Waals surface area contributed by atoms with Crippen molar-refractivity contribution in [1.82, 2.24) is 20.2 Å². The van der Waals surface area contributed by atoms with Crippen LogP contribution in [-0.2, 0) is 0 Å². The number of ether oxygens (including phenoxy) is 1. The minimum atomic E-state index is -0.729. The number of thiophene rings is 1. The van der Waals surface area contributed by atoms with Crippen LogP contribution in [0.1, 0.15) is 45.1 Å². The average Bonchev–Trinajstić information content (AvgIpc) is 3.71. The summed E-state index contributed by atoms with van der Waals surface area (Å²) in [5.41, 5.74) is 5.79. The third-order valence-electron chi connectivity index (χ3n) is 9.60. The van der Waals surface area contributed by atoms with Gasteiger partial charge >= 0.3 is 6.01 Å². The Hall–Kier alpha value is -3.34. The van der Waals surface area contributed by atoms with E-state index in [1.165, 1.54) is 12.1 Å². The summed E-state index contributed by atoms with van der Waals surface area (Å²) in [6.07, 6.45) is 3.77. The van der Waals surface area contributed by atoms with Crippen LogP contribution in [0.15, 0.2) is 18.2 Å². The topological polar surface area (TPSA) is 124 Å². The van der Waals surface area contributed by atoms with Crippen LogP contribution < -0.4 is 20.7 Å². The number of rotatable bonds is 7. The third kappa shape index (κ3) is 4.96. The predicted molar refractivity (Wildman–Crippen MR) is 173 cm³/mol. The Balaban J connectivity index is 1.40. The fourth-order valence-electron chi connectivity index (χ4n) is 7.53. The quantitative estimate of drug-likeness (QED) is 0.239. The molecule has 0 spiro atoms. The predicted octanol–water partition coefficient (Wildman–Crippen LogP) is 5.45. The Morgan fingerprint density at radius 3 is 2.71 bits per heavy atom. The van der Waals surface area contributed by atoms with E-state index in [2.05, 4.69) is 33.9 Å². The number of aliphatic hydroxyl groups excluding tert-OH is 1. The number of aliphatic hydroxyl groups is 1. The molecule has 2 aromatic carbocycles. The second kappa shape index (κ2) is 11.5. The van der Waals surface area contributed by atoms with Gasteiger partial charge < -0.3 is 25.8 Å². The first-order chi connectivity index (χ1) is 21.6. The minimum Gasteiger partial charge on any atom is -0.461 e. The summed E-state index contributed by atoms with van der Waals surface area (Å²) in [5, 5.41) is 24.8. The molecule has 0 saturated carbocycles. The highest BCUT2D eigenvalue weighted by atomic mass is 35.5. The molecule has 4 aromatic rings. The van der Waals surface area contributed by atoms with Gasteiger partial charge in [-0.1, -0.05) is 17.7 Å². The molecule has 3 saturated heterocycles. The van der Waals surface area contributed by atoms with Crippen molar-refractivity contribution in [2.75, 3.05) is 43.5 Å². The first-order valence-corrected chi connectivity index (χ1v) is 16.5. The molecule has 5 heterocycles. The molecule has 3 fully saturated rings. The molecule has 0 aliphatic carbocycles. The van der Waals surface area contributed by atoms with Gasteiger partial charge in [0, 0.05) is 47.6 Å². The zero-order valence-corrected chi connectivity index (χ0v) is 26.6. The lowest BCUT2D eigenvalue weighted by molar-refractivity contribution is 0.00391. The summed E-state index contributed by atoms with van der Waals surface area (Å²) < 4.78 is 38.2. The van der Waals surface area contributed by atoms with Gasteiger partial charge in [-0.2, -0.15) is 15.2 Å². The van der Waals surface area contributed by atoms with Gasteiger partial charge in [0.15, 0.2) is 5.82 Å². The van der Waals surface area contributed by atoms with Gasteiger partial charge in [0.05, 0.1) is 27.4 Å². The van der Waals surface area contributed by atoms with Crippen molar-refractivity contribution in [3.05, 3.63) is 40.4 Å². The Morgan fingerprint density at radius 1 is 1.27 bits per heavy atom. The molecule has 3 atom stereocenters. The van der Waals surface area contributed by atoms with E-state index in [9.17, 15) is 14.8 Å². The van der Waals surface area contributed by atoms with Crippen LogP contribution in [0.5, 0.6) is 6.01 Å². The van der Waals surface area contributed by atoms with Gasteiger partial charge in [-0.15, -0.1) is 11.3 Å². The molecule has 4 N–H and O–H groups in total. The molecule has 13 heteroatoms. The lowest BCUT2D eigenvalue weighted by atomic mass is 9.97. The Labute approximate surface area is 268 Å². The second-order valence-electron chi connectivity index (χ2n) is 12.6. The van der Waals surface area contributed by atoms with E-state index >= 15 is 4.39 Å². The maximum Gasteiger partial charge on any atom is 0.319 e. The monoisotopic (exact) mass is 653 g/mol. The maximum absolute atomic E-state index is 16.9. The number of nitrogens with zero attached hydrogens (tertiary/aromatic N) is 5. The number of hydrogen-bond acceptors (Lipinski definition) is 10. The number of nitrogens with one attached hydrogen (secondary N) is 1. The largest absolute Gasteiger partial charge is 0.461 e. The first-order valence-electron chi connectivity index (χ1n) is 15.3. The number of fused-ring (bicyclic) bond motifs is 4. The van der Waals surface area contributed by atoms with Crippen molar-refractivity contribution in [1.29, 1.82) is 5.26 Å². The van der Waals surface area contributed by atoms with E-state index in [-0.39, 0.29) is 79.7 Å². The number of nitrogen functional groups attached to an aromatic ring is 1. The number of piperazine rings is 1. The van der Waals surface area contributed by atoms with Crippen molar-refractivity contribution in [3.63, 3.8) is 0 Å². The normalized spacial score (nSPS) is 23.5. The zero-order valence-electron chi connectivity index (χ0n) is 25.0. The number of hydrogen-bond donors (Lipinski definition) is 3. The zero-order chi connectivity index (χ0) is 31.6. The minimum absolute atomic E-state index is 0.000674. The van der Waals surface area contributed by atoms with Gasteiger partial charge in [0.2, 0.25) is 0 Å². The molecular formula is C32H34ClF2N7O2S. The van der Waals surface area contributed by atoms with Crippen LogP contribution in [0.4, 0.5) is 19.6 Å². The van der Waals surface area contributed by atoms with Crippen molar-refractivity contribution < 1.29 is 18.6 Å². The van der Waals surface area contributed by atoms with Crippen molar-refractivity contribution in [3.8, 4) is 23.2 Å². The van der Waals surface area contributed by atoms with E-state index in [0.29, 0.717) is 24.3 Å². The molecule has 0 amide bonds. The number of aromatic nitrogens is 2. The van der Waals surface area contributed by atoms with Gasteiger partial charge in [0.1, 0.15) is 34.8 Å². The van der Waals surface area contributed by atoms with Gasteiger partial charge in [-0.3, -0.25) is 4.90 Å². The molecule has 2 aromatic heterocycles. The highest BCUT2D eigenvalue weighted by Gasteiger charge is 2.43. The molecule has 3 aliphatic heterocycles. The third-order valence-corrected chi connectivity index (χ3v) is 10.9. The lowest BCUT2D eigenvalue weighted by Crippen LogP contribution is -2.54. The Bertz CT molecular complexity index is 1850. The number of nitriles is 1. The molecule has 2 bridgehead atoms. The first kappa shape index (κ1) is 30.3. The summed E-state index contributed by atoms with van der Waals surface area (Å²) in [4.78, 5) is 13.8. The number of benzene rings is 2. The summed E-state index contributed by atoms with van der Waals surface area (Å²) >= 11 is 7.78. The number of nitrogens with two attached hydrogens (primary N) is 1. The molecule has 236 valence electrons. The second-order valence-corrected chi connectivity index (χ2v) is 14.1. The van der Waals surface area contributed by atoms with Crippen molar-refractivity contribution >= 4 is 54.7 Å². The van der Waals surface area contributed by atoms with Crippen LogP contribution in [0, 0.1) is 23.0 Å². The standard InChI is InChI=1S/C32H34ClF2N7O2S/c1-16(2)42-9-3-8-32(42,14-43)15-44-31-39-27-20(30(40-31)41-12-17-4-5-18(13-41)38-17)10-22(33)25(26(27)35)19-6-7-23(34)28-24(19)21(11-36)29(37)45-28/h6-7,10,16-18,38,43H,3-5,8-9,12-15,37H2,1-2H3/t17?,18?,32-/m1/s1. The maximum atomic E-state index is 16.9. The molecule has 3 aliphatic rings. The highest BCUT2D eigenvalue weighted by Crippen LogP contribution is 2.46. The van der Waals surface area contributed by atoms with Crippen molar-refractivity contribution in [2.45, 2.75) is 63.2 Å². The number of likely N-dealkylation sites (tertiary alicyclic amines) is 1. The van der Waals surface area contributed by atoms with E-state index < -0.39 is 17.2 Å². The molecule has 2 unspecified atom stereocenters. The smallest absolute Gasteiger partial charge is 0.319 e. The van der Waals surface area contributed by atoms with E-state index in [1.807, 2.05) is 6.07 Å². The number of anilines is 2. The van der Waals surface area contributed by atoms with E-state index in [0.717, 1.165) is 43.6 Å². The van der Waals surface area contributed by atoms with Gasteiger partial charge in [-0.05, 0) is 63.8 Å². The fraction of sp³-hybridized carbons (Fsp3) is 0.469. The lowest BCUT2D eigenvalue weighted by Gasteiger charge is -2.39. The van der Waals surface area contributed by atoms with Gasteiger partial charge in [0.25, 0.3) is 0 Å². The fourth-order valence-corrected chi connectivity index (χ4v) is 8.77. The van der Waals surface area contributed by atoms with Gasteiger partial charge in [-0.25, -0.2) is 8.78 Å². The molecule has 45 heavy (non-hydrogen) atoms. The van der Waals surface area contributed by atoms with Crippen LogP contribution in [0.2, 0.25) is 5.02 Å². The average molecular weight is 654 g/mol. The van der Waals surface area contributed by atoms with E-state index in [4.69, 9.17) is 27.1 Å². The molecular weight excluding hydrogens is 620 g/mol.